The molecule has 1 aliphatic carbocycles. The molecule has 0 bridgehead atoms. The van der Waals surface area contributed by atoms with Crippen LogP contribution in [0.1, 0.15) is 73.2 Å². The van der Waals surface area contributed by atoms with Crippen LogP contribution in [-0.4, -0.2) is 39.2 Å². The number of hydrogen-bond donors (Lipinski definition) is 0. The van der Waals surface area contributed by atoms with Gasteiger partial charge in [-0.3, -0.25) is 4.79 Å². The molecule has 7 nitrogen and oxygen atoms in total. The van der Waals surface area contributed by atoms with E-state index in [1.807, 2.05) is 25.7 Å². The Kier molecular flexibility index (Phi) is 4.54. The lowest BCUT2D eigenvalue weighted by molar-refractivity contribution is -0.136. The zero-order valence-electron chi connectivity index (χ0n) is 15.7. The molecule has 26 heavy (non-hydrogen) atoms. The van der Waals surface area contributed by atoms with Gasteiger partial charge in [0.15, 0.2) is 5.82 Å². The van der Waals surface area contributed by atoms with Crippen molar-refractivity contribution in [1.82, 2.24) is 20.2 Å². The van der Waals surface area contributed by atoms with E-state index in [0.717, 1.165) is 61.0 Å². The average molecular weight is 358 g/mol. The minimum Gasteiger partial charge on any atom is -0.361 e. The first-order chi connectivity index (χ1) is 12.5. The topological polar surface area (TPSA) is 85.3 Å². The molecule has 1 saturated carbocycles. The third-order valence-corrected chi connectivity index (χ3v) is 5.60. The number of hydrogen-bond acceptors (Lipinski definition) is 6. The third-order valence-electron chi connectivity index (χ3n) is 5.60. The summed E-state index contributed by atoms with van der Waals surface area (Å²) in [6.45, 7) is 7.28. The van der Waals surface area contributed by atoms with Gasteiger partial charge in [-0.05, 0) is 46.0 Å². The number of aryl methyl sites for hydroxylation is 2. The standard InChI is InChI=1S/C19H26N4O3/c1-11(9-16-12(2)21-25-13(16)3)19(24)23-8-4-5-15(10-23)17-20-18(26-22-17)14-6-7-14/h11,14-15H,4-10H2,1-3H3. The molecule has 1 saturated heterocycles. The highest BCUT2D eigenvalue weighted by atomic mass is 16.5. The lowest BCUT2D eigenvalue weighted by Gasteiger charge is -2.33. The van der Waals surface area contributed by atoms with Crippen molar-refractivity contribution in [2.45, 2.75) is 64.7 Å². The number of carbonyl (C=O) groups is 1. The predicted molar refractivity (Wildman–Crippen MR) is 93.7 cm³/mol. The second-order valence-electron chi connectivity index (χ2n) is 7.80. The Balaban J connectivity index is 1.40. The Morgan fingerprint density at radius 2 is 2.00 bits per heavy atom. The van der Waals surface area contributed by atoms with E-state index in [4.69, 9.17) is 9.05 Å². The maximum Gasteiger partial charge on any atom is 0.229 e. The highest BCUT2D eigenvalue weighted by Gasteiger charge is 2.33. The van der Waals surface area contributed by atoms with Crippen molar-refractivity contribution in [2.75, 3.05) is 13.1 Å². The lowest BCUT2D eigenvalue weighted by atomic mass is 9.94. The van der Waals surface area contributed by atoms with Gasteiger partial charge in [0.1, 0.15) is 5.76 Å². The molecule has 1 amide bonds. The van der Waals surface area contributed by atoms with E-state index in [0.29, 0.717) is 18.9 Å². The Hall–Kier alpha value is -2.18. The molecule has 0 radical (unpaired) electrons. The van der Waals surface area contributed by atoms with Gasteiger partial charge in [0.25, 0.3) is 0 Å². The van der Waals surface area contributed by atoms with Gasteiger partial charge < -0.3 is 13.9 Å². The molecule has 2 atom stereocenters. The lowest BCUT2D eigenvalue weighted by Crippen LogP contribution is -2.42. The van der Waals surface area contributed by atoms with Crippen molar-refractivity contribution in [1.29, 1.82) is 0 Å². The summed E-state index contributed by atoms with van der Waals surface area (Å²) in [5.41, 5.74) is 1.92. The van der Waals surface area contributed by atoms with Crippen LogP contribution in [0.2, 0.25) is 0 Å². The second kappa shape index (κ2) is 6.85. The molecule has 4 rings (SSSR count). The summed E-state index contributed by atoms with van der Waals surface area (Å²) in [7, 11) is 0. The van der Waals surface area contributed by atoms with Crippen LogP contribution in [0.5, 0.6) is 0 Å². The zero-order chi connectivity index (χ0) is 18.3. The van der Waals surface area contributed by atoms with Crippen LogP contribution in [-0.2, 0) is 11.2 Å². The summed E-state index contributed by atoms with van der Waals surface area (Å²) in [4.78, 5) is 19.5. The van der Waals surface area contributed by atoms with E-state index in [2.05, 4.69) is 15.3 Å². The smallest absolute Gasteiger partial charge is 0.229 e. The summed E-state index contributed by atoms with van der Waals surface area (Å²) < 4.78 is 10.6. The SMILES string of the molecule is Cc1noc(C)c1CC(C)C(=O)N1CCCC(c2noc(C3CC3)n2)C1. The molecule has 2 aromatic heterocycles. The van der Waals surface area contributed by atoms with Crippen molar-refractivity contribution >= 4 is 5.91 Å². The number of rotatable bonds is 5. The minimum atomic E-state index is -0.0992. The predicted octanol–water partition coefficient (Wildman–Crippen LogP) is 3.14. The summed E-state index contributed by atoms with van der Waals surface area (Å²) >= 11 is 0. The molecule has 7 heteroatoms. The third kappa shape index (κ3) is 3.39. The summed E-state index contributed by atoms with van der Waals surface area (Å²) in [5, 5.41) is 8.17. The average Bonchev–Trinajstić information content (AvgIpc) is 3.31. The van der Waals surface area contributed by atoms with Crippen molar-refractivity contribution in [3.05, 3.63) is 28.7 Å². The van der Waals surface area contributed by atoms with Gasteiger partial charge in [-0.1, -0.05) is 17.2 Å². The molecule has 1 aliphatic heterocycles. The fraction of sp³-hybridized carbons (Fsp3) is 0.684. The van der Waals surface area contributed by atoms with E-state index in [1.54, 1.807) is 0 Å². The summed E-state index contributed by atoms with van der Waals surface area (Å²) in [6.07, 6.45) is 4.94. The van der Waals surface area contributed by atoms with Crippen LogP contribution < -0.4 is 0 Å². The van der Waals surface area contributed by atoms with Crippen LogP contribution in [0.3, 0.4) is 0 Å². The maximum atomic E-state index is 13.0. The molecule has 0 aromatic carbocycles. The molecular weight excluding hydrogens is 332 g/mol. The van der Waals surface area contributed by atoms with Gasteiger partial charge in [-0.25, -0.2) is 0 Å². The number of aromatic nitrogens is 3. The van der Waals surface area contributed by atoms with Gasteiger partial charge in [-0.2, -0.15) is 4.98 Å². The number of carbonyl (C=O) groups excluding carboxylic acids is 1. The normalized spacial score (nSPS) is 21.8. The first-order valence-electron chi connectivity index (χ1n) is 9.57. The van der Waals surface area contributed by atoms with Gasteiger partial charge in [0.2, 0.25) is 11.8 Å². The molecular formula is C19H26N4O3. The number of amides is 1. The van der Waals surface area contributed by atoms with Gasteiger partial charge in [-0.15, -0.1) is 0 Å². The molecule has 2 aliphatic rings. The largest absolute Gasteiger partial charge is 0.361 e. The van der Waals surface area contributed by atoms with E-state index in [9.17, 15) is 4.79 Å². The van der Waals surface area contributed by atoms with Crippen LogP contribution in [0, 0.1) is 19.8 Å². The first-order valence-corrected chi connectivity index (χ1v) is 9.57. The fourth-order valence-corrected chi connectivity index (χ4v) is 3.80. The number of likely N-dealkylation sites (tertiary alicyclic amines) is 1. The van der Waals surface area contributed by atoms with E-state index in [-0.39, 0.29) is 17.7 Å². The quantitative estimate of drug-likeness (QED) is 0.816. The van der Waals surface area contributed by atoms with Gasteiger partial charge in [0.05, 0.1) is 5.69 Å². The maximum absolute atomic E-state index is 13.0. The molecule has 0 N–H and O–H groups in total. The van der Waals surface area contributed by atoms with Crippen molar-refractivity contribution in [2.24, 2.45) is 5.92 Å². The fourth-order valence-electron chi connectivity index (χ4n) is 3.80. The Morgan fingerprint density at radius 3 is 2.69 bits per heavy atom. The molecule has 3 heterocycles. The highest BCUT2D eigenvalue weighted by molar-refractivity contribution is 5.79. The molecule has 2 fully saturated rings. The summed E-state index contributed by atoms with van der Waals surface area (Å²) in [6, 6.07) is 0. The van der Waals surface area contributed by atoms with Crippen LogP contribution in [0.4, 0.5) is 0 Å². The van der Waals surface area contributed by atoms with E-state index < -0.39 is 0 Å². The molecule has 2 aromatic rings. The van der Waals surface area contributed by atoms with Crippen molar-refractivity contribution < 1.29 is 13.8 Å². The minimum absolute atomic E-state index is 0.0992. The second-order valence-corrected chi connectivity index (χ2v) is 7.80. The Morgan fingerprint density at radius 1 is 1.19 bits per heavy atom. The molecule has 140 valence electrons. The van der Waals surface area contributed by atoms with Crippen LogP contribution in [0.15, 0.2) is 9.05 Å². The Labute approximate surface area is 153 Å². The molecule has 2 unspecified atom stereocenters. The first kappa shape index (κ1) is 17.2. The molecule has 0 spiro atoms. The van der Waals surface area contributed by atoms with Crippen molar-refractivity contribution in [3.63, 3.8) is 0 Å². The van der Waals surface area contributed by atoms with Gasteiger partial charge >= 0.3 is 0 Å². The van der Waals surface area contributed by atoms with Gasteiger partial charge in [0, 0.05) is 36.4 Å². The number of nitrogens with zero attached hydrogens (tertiary/aromatic N) is 4. The highest BCUT2D eigenvalue weighted by Crippen LogP contribution is 2.39. The summed E-state index contributed by atoms with van der Waals surface area (Å²) in [5.74, 6) is 3.07. The van der Waals surface area contributed by atoms with E-state index in [1.165, 1.54) is 0 Å². The zero-order valence-corrected chi connectivity index (χ0v) is 15.7. The van der Waals surface area contributed by atoms with Crippen LogP contribution in [0.25, 0.3) is 0 Å². The van der Waals surface area contributed by atoms with Crippen LogP contribution >= 0.6 is 0 Å². The number of piperidine rings is 1. The Bertz CT molecular complexity index is 773. The van der Waals surface area contributed by atoms with E-state index >= 15 is 0 Å². The monoisotopic (exact) mass is 358 g/mol. The van der Waals surface area contributed by atoms with Crippen molar-refractivity contribution in [3.8, 4) is 0 Å².